The van der Waals surface area contributed by atoms with E-state index in [-0.39, 0.29) is 17.9 Å². The lowest BCUT2D eigenvalue weighted by Gasteiger charge is -2.17. The molecule has 0 aliphatic heterocycles. The molecule has 1 unspecified atom stereocenters. The standard InChI is InChI=1S/C15H24N2O/c1-4-13(10-16)9-15(18)17-12(3)14-7-5-11(2)6-8-14/h5-8,12-13H,4,9-10,16H2,1-3H3,(H,17,18)/t12-,13?/m1/s1. The van der Waals surface area contributed by atoms with E-state index in [1.54, 1.807) is 0 Å². The monoisotopic (exact) mass is 248 g/mol. The molecule has 0 radical (unpaired) electrons. The molecule has 0 heterocycles. The summed E-state index contributed by atoms with van der Waals surface area (Å²) in [4.78, 5) is 11.9. The highest BCUT2D eigenvalue weighted by molar-refractivity contribution is 5.76. The van der Waals surface area contributed by atoms with Crippen molar-refractivity contribution in [2.75, 3.05) is 6.54 Å². The van der Waals surface area contributed by atoms with Gasteiger partial charge in [0.25, 0.3) is 0 Å². The first kappa shape index (κ1) is 14.7. The van der Waals surface area contributed by atoms with Crippen LogP contribution in [-0.4, -0.2) is 12.5 Å². The van der Waals surface area contributed by atoms with Gasteiger partial charge in [-0.2, -0.15) is 0 Å². The Bertz CT molecular complexity index is 369. The van der Waals surface area contributed by atoms with Crippen LogP contribution in [0.4, 0.5) is 0 Å². The van der Waals surface area contributed by atoms with Crippen molar-refractivity contribution in [3.63, 3.8) is 0 Å². The van der Waals surface area contributed by atoms with Crippen LogP contribution < -0.4 is 11.1 Å². The van der Waals surface area contributed by atoms with Gasteiger partial charge in [-0.05, 0) is 31.9 Å². The Hall–Kier alpha value is -1.35. The highest BCUT2D eigenvalue weighted by Crippen LogP contribution is 2.14. The average Bonchev–Trinajstić information content (AvgIpc) is 2.36. The summed E-state index contributed by atoms with van der Waals surface area (Å²) in [6.07, 6.45) is 1.46. The lowest BCUT2D eigenvalue weighted by molar-refractivity contribution is -0.122. The van der Waals surface area contributed by atoms with Crippen molar-refractivity contribution in [3.8, 4) is 0 Å². The number of hydrogen-bond donors (Lipinski definition) is 2. The zero-order valence-electron chi connectivity index (χ0n) is 11.6. The fourth-order valence-electron chi connectivity index (χ4n) is 1.90. The van der Waals surface area contributed by atoms with Crippen molar-refractivity contribution in [2.24, 2.45) is 11.7 Å². The maximum Gasteiger partial charge on any atom is 0.220 e. The van der Waals surface area contributed by atoms with E-state index in [9.17, 15) is 4.79 Å². The van der Waals surface area contributed by atoms with Gasteiger partial charge in [0.1, 0.15) is 0 Å². The Labute approximate surface area is 110 Å². The fourth-order valence-corrected chi connectivity index (χ4v) is 1.90. The second-order valence-corrected chi connectivity index (χ2v) is 4.91. The largest absolute Gasteiger partial charge is 0.350 e. The molecule has 0 bridgehead atoms. The molecule has 2 atom stereocenters. The topological polar surface area (TPSA) is 55.1 Å². The van der Waals surface area contributed by atoms with Crippen LogP contribution in [-0.2, 0) is 4.79 Å². The second-order valence-electron chi connectivity index (χ2n) is 4.91. The maximum absolute atomic E-state index is 11.9. The molecule has 18 heavy (non-hydrogen) atoms. The molecule has 1 rings (SSSR count). The molecule has 0 saturated heterocycles. The van der Waals surface area contributed by atoms with Crippen LogP contribution in [0.15, 0.2) is 24.3 Å². The van der Waals surface area contributed by atoms with Gasteiger partial charge in [-0.25, -0.2) is 0 Å². The van der Waals surface area contributed by atoms with E-state index in [0.29, 0.717) is 13.0 Å². The number of amides is 1. The van der Waals surface area contributed by atoms with Gasteiger partial charge in [0.05, 0.1) is 6.04 Å². The van der Waals surface area contributed by atoms with Gasteiger partial charge in [-0.15, -0.1) is 0 Å². The third-order valence-electron chi connectivity index (χ3n) is 3.34. The molecule has 100 valence electrons. The van der Waals surface area contributed by atoms with E-state index >= 15 is 0 Å². The summed E-state index contributed by atoms with van der Waals surface area (Å²) in [6.45, 7) is 6.70. The molecule has 3 heteroatoms. The molecule has 0 spiro atoms. The summed E-state index contributed by atoms with van der Waals surface area (Å²) in [6, 6.07) is 8.29. The SMILES string of the molecule is CCC(CN)CC(=O)N[C@H](C)c1ccc(C)cc1. The van der Waals surface area contributed by atoms with Crippen LogP contribution in [0.3, 0.4) is 0 Å². The zero-order valence-corrected chi connectivity index (χ0v) is 11.6. The lowest BCUT2D eigenvalue weighted by Crippen LogP contribution is -2.30. The molecule has 1 aromatic rings. The number of nitrogens with one attached hydrogen (secondary N) is 1. The molecular weight excluding hydrogens is 224 g/mol. The van der Waals surface area contributed by atoms with Crippen LogP contribution in [0.5, 0.6) is 0 Å². The molecule has 1 amide bonds. The molecule has 0 aliphatic carbocycles. The predicted molar refractivity (Wildman–Crippen MR) is 75.2 cm³/mol. The summed E-state index contributed by atoms with van der Waals surface area (Å²) in [5.41, 5.74) is 7.97. The van der Waals surface area contributed by atoms with E-state index in [1.165, 1.54) is 5.56 Å². The Morgan fingerprint density at radius 1 is 1.33 bits per heavy atom. The van der Waals surface area contributed by atoms with Crippen LogP contribution in [0.25, 0.3) is 0 Å². The van der Waals surface area contributed by atoms with E-state index in [4.69, 9.17) is 5.73 Å². The molecular formula is C15H24N2O. The minimum Gasteiger partial charge on any atom is -0.350 e. The first-order valence-electron chi connectivity index (χ1n) is 6.62. The zero-order chi connectivity index (χ0) is 13.5. The van der Waals surface area contributed by atoms with Crippen molar-refractivity contribution < 1.29 is 4.79 Å². The Balaban J connectivity index is 2.51. The number of benzene rings is 1. The van der Waals surface area contributed by atoms with Gasteiger partial charge in [0, 0.05) is 6.42 Å². The number of nitrogens with two attached hydrogens (primary N) is 1. The highest BCUT2D eigenvalue weighted by Gasteiger charge is 2.13. The molecule has 1 aromatic carbocycles. The number of hydrogen-bond acceptors (Lipinski definition) is 2. The van der Waals surface area contributed by atoms with Crippen molar-refractivity contribution in [1.82, 2.24) is 5.32 Å². The van der Waals surface area contributed by atoms with Crippen LogP contribution >= 0.6 is 0 Å². The lowest BCUT2D eigenvalue weighted by atomic mass is 10.0. The number of carbonyl (C=O) groups excluding carboxylic acids is 1. The fraction of sp³-hybridized carbons (Fsp3) is 0.533. The first-order chi connectivity index (χ1) is 8.56. The minimum atomic E-state index is 0.0494. The summed E-state index contributed by atoms with van der Waals surface area (Å²) < 4.78 is 0. The van der Waals surface area contributed by atoms with Gasteiger partial charge < -0.3 is 11.1 Å². The van der Waals surface area contributed by atoms with Gasteiger partial charge in [-0.3, -0.25) is 4.79 Å². The van der Waals surface area contributed by atoms with Crippen molar-refractivity contribution >= 4 is 5.91 Å². The Kier molecular flexibility index (Phi) is 5.86. The molecule has 0 saturated carbocycles. The summed E-state index contributed by atoms with van der Waals surface area (Å²) >= 11 is 0. The summed E-state index contributed by atoms with van der Waals surface area (Å²) in [5.74, 6) is 0.371. The van der Waals surface area contributed by atoms with Gasteiger partial charge in [0.15, 0.2) is 0 Å². The van der Waals surface area contributed by atoms with Crippen molar-refractivity contribution in [3.05, 3.63) is 35.4 Å². The normalized spacial score (nSPS) is 14.0. The third kappa shape index (κ3) is 4.49. The molecule has 0 fully saturated rings. The maximum atomic E-state index is 11.9. The Morgan fingerprint density at radius 3 is 2.44 bits per heavy atom. The number of rotatable bonds is 6. The van der Waals surface area contributed by atoms with E-state index in [2.05, 4.69) is 43.4 Å². The molecule has 3 N–H and O–H groups in total. The highest BCUT2D eigenvalue weighted by atomic mass is 16.1. The van der Waals surface area contributed by atoms with Gasteiger partial charge in [-0.1, -0.05) is 43.2 Å². The first-order valence-corrected chi connectivity index (χ1v) is 6.62. The van der Waals surface area contributed by atoms with Crippen molar-refractivity contribution in [2.45, 2.75) is 39.7 Å². The van der Waals surface area contributed by atoms with Gasteiger partial charge >= 0.3 is 0 Å². The Morgan fingerprint density at radius 2 is 1.94 bits per heavy atom. The summed E-state index contributed by atoms with van der Waals surface area (Å²) in [5, 5.41) is 3.02. The van der Waals surface area contributed by atoms with Gasteiger partial charge in [0.2, 0.25) is 5.91 Å². The predicted octanol–water partition coefficient (Wildman–Crippen LogP) is 2.55. The number of aryl methyl sites for hydroxylation is 1. The van der Waals surface area contributed by atoms with Crippen LogP contribution in [0.1, 0.15) is 43.9 Å². The molecule has 3 nitrogen and oxygen atoms in total. The second kappa shape index (κ2) is 7.17. The quantitative estimate of drug-likeness (QED) is 0.813. The van der Waals surface area contributed by atoms with Crippen molar-refractivity contribution in [1.29, 1.82) is 0 Å². The van der Waals surface area contributed by atoms with E-state index in [0.717, 1.165) is 12.0 Å². The molecule has 0 aromatic heterocycles. The third-order valence-corrected chi connectivity index (χ3v) is 3.34. The van der Waals surface area contributed by atoms with Crippen LogP contribution in [0.2, 0.25) is 0 Å². The minimum absolute atomic E-state index is 0.0494. The summed E-state index contributed by atoms with van der Waals surface area (Å²) in [7, 11) is 0. The van der Waals surface area contributed by atoms with E-state index < -0.39 is 0 Å². The van der Waals surface area contributed by atoms with Crippen LogP contribution in [0, 0.1) is 12.8 Å². The number of carbonyl (C=O) groups is 1. The smallest absolute Gasteiger partial charge is 0.220 e. The van der Waals surface area contributed by atoms with E-state index in [1.807, 2.05) is 6.92 Å². The molecule has 0 aliphatic rings. The average molecular weight is 248 g/mol.